The molecular weight excluding hydrogens is 340 g/mol. The zero-order chi connectivity index (χ0) is 18.7. The van der Waals surface area contributed by atoms with Gasteiger partial charge in [-0.3, -0.25) is 4.90 Å². The van der Waals surface area contributed by atoms with Crippen LogP contribution in [0.1, 0.15) is 18.9 Å². The summed E-state index contributed by atoms with van der Waals surface area (Å²) in [6.45, 7) is 9.33. The van der Waals surface area contributed by atoms with E-state index in [1.807, 2.05) is 47.4 Å². The number of nitrogens with zero attached hydrogens (tertiary/aromatic N) is 4. The Balaban J connectivity index is 1.46. The van der Waals surface area contributed by atoms with Crippen molar-refractivity contribution in [1.29, 1.82) is 0 Å². The third kappa shape index (κ3) is 6.37. The van der Waals surface area contributed by atoms with Crippen LogP contribution in [0.2, 0.25) is 0 Å². The SMILES string of the molecule is CCNC(=NCc1cnn(-c2ccccc2)c1)NCCCN1CCOCC1. The van der Waals surface area contributed by atoms with Crippen LogP contribution >= 0.6 is 0 Å². The summed E-state index contributed by atoms with van der Waals surface area (Å²) in [5.41, 5.74) is 2.14. The van der Waals surface area contributed by atoms with Gasteiger partial charge in [0.2, 0.25) is 0 Å². The molecule has 0 spiro atoms. The van der Waals surface area contributed by atoms with Gasteiger partial charge in [-0.25, -0.2) is 9.67 Å². The lowest BCUT2D eigenvalue weighted by molar-refractivity contribution is 0.0376. The summed E-state index contributed by atoms with van der Waals surface area (Å²) in [6.07, 6.45) is 5.00. The maximum Gasteiger partial charge on any atom is 0.191 e. The molecule has 0 bridgehead atoms. The number of aliphatic imine (C=N–C) groups is 1. The van der Waals surface area contributed by atoms with Crippen LogP contribution in [0.3, 0.4) is 0 Å². The Morgan fingerprint density at radius 3 is 2.78 bits per heavy atom. The molecule has 0 atom stereocenters. The number of para-hydroxylation sites is 1. The second-order valence-corrected chi connectivity index (χ2v) is 6.56. The lowest BCUT2D eigenvalue weighted by atomic mass is 10.3. The number of benzene rings is 1. The minimum absolute atomic E-state index is 0.603. The molecule has 146 valence electrons. The van der Waals surface area contributed by atoms with Gasteiger partial charge in [0.05, 0.1) is 31.6 Å². The molecule has 0 amide bonds. The first-order chi connectivity index (χ1) is 13.3. The van der Waals surface area contributed by atoms with Crippen molar-refractivity contribution in [1.82, 2.24) is 25.3 Å². The standard InChI is InChI=1S/C20H30N6O/c1-2-21-20(22-9-6-10-25-11-13-27-14-12-25)23-15-18-16-24-26(17-18)19-7-4-3-5-8-19/h3-5,7-8,16-17H,2,6,9-15H2,1H3,(H2,21,22,23). The van der Waals surface area contributed by atoms with Crippen molar-refractivity contribution < 1.29 is 4.74 Å². The van der Waals surface area contributed by atoms with E-state index in [1.165, 1.54) is 0 Å². The highest BCUT2D eigenvalue weighted by atomic mass is 16.5. The van der Waals surface area contributed by atoms with Gasteiger partial charge in [-0.05, 0) is 32.0 Å². The van der Waals surface area contributed by atoms with Crippen LogP contribution in [0.5, 0.6) is 0 Å². The van der Waals surface area contributed by atoms with Crippen LogP contribution < -0.4 is 10.6 Å². The van der Waals surface area contributed by atoms with Crippen LogP contribution in [0, 0.1) is 0 Å². The van der Waals surface area contributed by atoms with Gasteiger partial charge < -0.3 is 15.4 Å². The third-order valence-electron chi connectivity index (χ3n) is 4.47. The van der Waals surface area contributed by atoms with Gasteiger partial charge in [-0.2, -0.15) is 5.10 Å². The summed E-state index contributed by atoms with van der Waals surface area (Å²) in [5.74, 6) is 0.854. The minimum atomic E-state index is 0.603. The van der Waals surface area contributed by atoms with E-state index < -0.39 is 0 Å². The van der Waals surface area contributed by atoms with Gasteiger partial charge in [0.25, 0.3) is 0 Å². The number of aromatic nitrogens is 2. The zero-order valence-electron chi connectivity index (χ0n) is 16.1. The number of nitrogens with one attached hydrogen (secondary N) is 2. The summed E-state index contributed by atoms with van der Waals surface area (Å²) in [5, 5.41) is 11.2. The molecule has 2 aromatic rings. The Labute approximate surface area is 161 Å². The van der Waals surface area contributed by atoms with Crippen LogP contribution in [-0.4, -0.2) is 66.6 Å². The Morgan fingerprint density at radius 2 is 2.00 bits per heavy atom. The highest BCUT2D eigenvalue weighted by molar-refractivity contribution is 5.79. The summed E-state index contributed by atoms with van der Waals surface area (Å²) in [7, 11) is 0. The molecule has 2 N–H and O–H groups in total. The summed E-state index contributed by atoms with van der Waals surface area (Å²) >= 11 is 0. The molecule has 2 heterocycles. The fraction of sp³-hybridized carbons (Fsp3) is 0.500. The molecule has 1 saturated heterocycles. The van der Waals surface area contributed by atoms with Gasteiger partial charge >= 0.3 is 0 Å². The number of guanidine groups is 1. The topological polar surface area (TPSA) is 66.7 Å². The molecular formula is C20H30N6O. The maximum absolute atomic E-state index is 5.39. The van der Waals surface area contributed by atoms with E-state index in [-0.39, 0.29) is 0 Å². The molecule has 7 nitrogen and oxygen atoms in total. The summed E-state index contributed by atoms with van der Waals surface area (Å²) in [6, 6.07) is 10.1. The van der Waals surface area contributed by atoms with Crippen molar-refractivity contribution in [3.8, 4) is 5.69 Å². The second-order valence-electron chi connectivity index (χ2n) is 6.56. The van der Waals surface area contributed by atoms with Crippen molar-refractivity contribution in [3.05, 3.63) is 48.3 Å². The molecule has 0 unspecified atom stereocenters. The number of hydrogen-bond acceptors (Lipinski definition) is 4. The zero-order valence-corrected chi connectivity index (χ0v) is 16.1. The quantitative estimate of drug-likeness (QED) is 0.420. The van der Waals surface area contributed by atoms with Gasteiger partial charge in [-0.1, -0.05) is 18.2 Å². The van der Waals surface area contributed by atoms with Crippen LogP contribution in [0.4, 0.5) is 0 Å². The lowest BCUT2D eigenvalue weighted by Gasteiger charge is -2.26. The summed E-state index contributed by atoms with van der Waals surface area (Å²) in [4.78, 5) is 7.13. The van der Waals surface area contributed by atoms with Gasteiger partial charge in [-0.15, -0.1) is 0 Å². The molecule has 7 heteroatoms. The van der Waals surface area contributed by atoms with Gasteiger partial charge in [0, 0.05) is 37.9 Å². The molecule has 27 heavy (non-hydrogen) atoms. The molecule has 3 rings (SSSR count). The lowest BCUT2D eigenvalue weighted by Crippen LogP contribution is -2.40. The van der Waals surface area contributed by atoms with E-state index in [4.69, 9.17) is 4.74 Å². The normalized spacial score (nSPS) is 15.7. The van der Waals surface area contributed by atoms with Crippen molar-refractivity contribution in [3.63, 3.8) is 0 Å². The number of ether oxygens (including phenoxy) is 1. The van der Waals surface area contributed by atoms with E-state index in [2.05, 4.69) is 32.5 Å². The van der Waals surface area contributed by atoms with E-state index in [9.17, 15) is 0 Å². The number of rotatable bonds is 8. The Kier molecular flexibility index (Phi) is 7.68. The van der Waals surface area contributed by atoms with Gasteiger partial charge in [0.1, 0.15) is 0 Å². The smallest absolute Gasteiger partial charge is 0.191 e. The molecule has 1 aromatic carbocycles. The second kappa shape index (κ2) is 10.7. The van der Waals surface area contributed by atoms with E-state index >= 15 is 0 Å². The van der Waals surface area contributed by atoms with Gasteiger partial charge in [0.15, 0.2) is 5.96 Å². The van der Waals surface area contributed by atoms with Crippen LogP contribution in [-0.2, 0) is 11.3 Å². The molecule has 1 aliphatic rings. The number of hydrogen-bond donors (Lipinski definition) is 2. The molecule has 1 fully saturated rings. The van der Waals surface area contributed by atoms with E-state index in [1.54, 1.807) is 0 Å². The fourth-order valence-corrected chi connectivity index (χ4v) is 3.01. The molecule has 0 aliphatic carbocycles. The molecule has 0 radical (unpaired) electrons. The average molecular weight is 371 g/mol. The van der Waals surface area contributed by atoms with Crippen LogP contribution in [0.15, 0.2) is 47.7 Å². The van der Waals surface area contributed by atoms with E-state index in [0.29, 0.717) is 6.54 Å². The Morgan fingerprint density at radius 1 is 1.19 bits per heavy atom. The molecule has 0 saturated carbocycles. The fourth-order valence-electron chi connectivity index (χ4n) is 3.01. The monoisotopic (exact) mass is 370 g/mol. The largest absolute Gasteiger partial charge is 0.379 e. The first-order valence-corrected chi connectivity index (χ1v) is 9.76. The Hall–Kier alpha value is -2.38. The highest BCUT2D eigenvalue weighted by Crippen LogP contribution is 2.08. The van der Waals surface area contributed by atoms with Crippen molar-refractivity contribution >= 4 is 5.96 Å². The average Bonchev–Trinajstić information content (AvgIpc) is 3.20. The highest BCUT2D eigenvalue weighted by Gasteiger charge is 2.09. The first-order valence-electron chi connectivity index (χ1n) is 9.76. The maximum atomic E-state index is 5.39. The predicted octanol–water partition coefficient (Wildman–Crippen LogP) is 1.65. The predicted molar refractivity (Wildman–Crippen MR) is 108 cm³/mol. The molecule has 1 aliphatic heterocycles. The number of morpholine rings is 1. The molecule has 1 aromatic heterocycles. The van der Waals surface area contributed by atoms with Crippen LogP contribution in [0.25, 0.3) is 5.69 Å². The van der Waals surface area contributed by atoms with Crippen molar-refractivity contribution in [2.75, 3.05) is 45.9 Å². The van der Waals surface area contributed by atoms with E-state index in [0.717, 1.165) is 69.6 Å². The summed E-state index contributed by atoms with van der Waals surface area (Å²) < 4.78 is 7.27. The minimum Gasteiger partial charge on any atom is -0.379 e. The first kappa shape index (κ1) is 19.4. The van der Waals surface area contributed by atoms with Crippen molar-refractivity contribution in [2.24, 2.45) is 4.99 Å². The third-order valence-corrected chi connectivity index (χ3v) is 4.47. The van der Waals surface area contributed by atoms with Crippen molar-refractivity contribution in [2.45, 2.75) is 19.9 Å². The Bertz CT molecular complexity index is 694.